The van der Waals surface area contributed by atoms with Gasteiger partial charge in [-0.3, -0.25) is 9.69 Å². The van der Waals surface area contributed by atoms with Gasteiger partial charge in [0.2, 0.25) is 5.91 Å². The Bertz CT molecular complexity index is 631. The standard InChI is InChI=1S/C20H31N3O2/c1-4-25-17-13-20(21,19(17,2)3)18(24)22-10-12-23-11-9-15-7-5-6-8-16(15)14-23/h5-8,17H,4,9-14,21H2,1-3H3,(H,22,24). The van der Waals surface area contributed by atoms with Crippen molar-refractivity contribution in [3.05, 3.63) is 35.4 Å². The number of benzene rings is 1. The van der Waals surface area contributed by atoms with E-state index < -0.39 is 5.54 Å². The van der Waals surface area contributed by atoms with Crippen LogP contribution in [0.2, 0.25) is 0 Å². The molecule has 2 aliphatic rings. The second-order valence-corrected chi connectivity index (χ2v) is 7.89. The van der Waals surface area contributed by atoms with E-state index in [1.165, 1.54) is 11.1 Å². The molecule has 0 saturated heterocycles. The maximum Gasteiger partial charge on any atom is 0.240 e. The Hall–Kier alpha value is -1.43. The lowest BCUT2D eigenvalue weighted by molar-refractivity contribution is -0.170. The third-order valence-electron chi connectivity index (χ3n) is 6.16. The number of carbonyl (C=O) groups excluding carboxylic acids is 1. The van der Waals surface area contributed by atoms with Crippen LogP contribution in [0.25, 0.3) is 0 Å². The topological polar surface area (TPSA) is 67.6 Å². The first-order valence-corrected chi connectivity index (χ1v) is 9.36. The molecule has 25 heavy (non-hydrogen) atoms. The number of nitrogens with one attached hydrogen (secondary N) is 1. The van der Waals surface area contributed by atoms with E-state index in [-0.39, 0.29) is 17.4 Å². The highest BCUT2D eigenvalue weighted by Crippen LogP contribution is 2.49. The van der Waals surface area contributed by atoms with Gasteiger partial charge in [-0.1, -0.05) is 38.1 Å². The van der Waals surface area contributed by atoms with Gasteiger partial charge in [-0.05, 0) is 24.5 Å². The number of hydrogen-bond acceptors (Lipinski definition) is 4. The SMILES string of the molecule is CCOC1CC(N)(C(=O)NCCN2CCc3ccccc3C2)C1(C)C. The molecule has 138 valence electrons. The van der Waals surface area contributed by atoms with Crippen molar-refractivity contribution in [1.82, 2.24) is 10.2 Å². The quantitative estimate of drug-likeness (QED) is 0.823. The van der Waals surface area contributed by atoms with Gasteiger partial charge in [-0.25, -0.2) is 0 Å². The van der Waals surface area contributed by atoms with E-state index in [9.17, 15) is 4.79 Å². The Morgan fingerprint density at radius 1 is 1.36 bits per heavy atom. The van der Waals surface area contributed by atoms with Gasteiger partial charge in [0.1, 0.15) is 5.54 Å². The number of carbonyl (C=O) groups is 1. The van der Waals surface area contributed by atoms with Gasteiger partial charge >= 0.3 is 0 Å². The molecule has 1 fully saturated rings. The summed E-state index contributed by atoms with van der Waals surface area (Å²) in [6.07, 6.45) is 1.73. The maximum atomic E-state index is 12.6. The summed E-state index contributed by atoms with van der Waals surface area (Å²) < 4.78 is 5.70. The second-order valence-electron chi connectivity index (χ2n) is 7.89. The number of fused-ring (bicyclic) bond motifs is 1. The molecule has 0 bridgehead atoms. The molecule has 1 aromatic carbocycles. The number of ether oxygens (including phenoxy) is 1. The first-order chi connectivity index (χ1) is 11.9. The van der Waals surface area contributed by atoms with Crippen molar-refractivity contribution in [1.29, 1.82) is 0 Å². The van der Waals surface area contributed by atoms with Crippen LogP contribution in [0.1, 0.15) is 38.3 Å². The van der Waals surface area contributed by atoms with E-state index >= 15 is 0 Å². The van der Waals surface area contributed by atoms with Gasteiger partial charge < -0.3 is 15.8 Å². The first-order valence-electron chi connectivity index (χ1n) is 9.36. The molecule has 2 unspecified atom stereocenters. The molecule has 1 amide bonds. The van der Waals surface area contributed by atoms with E-state index in [0.717, 1.165) is 26.1 Å². The predicted octanol–water partition coefficient (Wildman–Crippen LogP) is 1.69. The van der Waals surface area contributed by atoms with Crippen LogP contribution in [0.4, 0.5) is 0 Å². The zero-order valence-electron chi connectivity index (χ0n) is 15.7. The van der Waals surface area contributed by atoms with Gasteiger partial charge in [0.05, 0.1) is 6.10 Å². The fourth-order valence-electron chi connectivity index (χ4n) is 4.05. The number of amides is 1. The third-order valence-corrected chi connectivity index (χ3v) is 6.16. The lowest BCUT2D eigenvalue weighted by Crippen LogP contribution is -2.75. The molecular weight excluding hydrogens is 314 g/mol. The summed E-state index contributed by atoms with van der Waals surface area (Å²) in [5.41, 5.74) is 8.10. The largest absolute Gasteiger partial charge is 0.378 e. The minimum Gasteiger partial charge on any atom is -0.378 e. The Balaban J connectivity index is 1.48. The highest BCUT2D eigenvalue weighted by molar-refractivity contribution is 5.88. The molecule has 5 heteroatoms. The summed E-state index contributed by atoms with van der Waals surface area (Å²) >= 11 is 0. The average Bonchev–Trinajstić information content (AvgIpc) is 2.61. The molecule has 1 aliphatic heterocycles. The lowest BCUT2D eigenvalue weighted by Gasteiger charge is -2.57. The van der Waals surface area contributed by atoms with Crippen LogP contribution in [0.5, 0.6) is 0 Å². The van der Waals surface area contributed by atoms with Gasteiger partial charge in [0.25, 0.3) is 0 Å². The van der Waals surface area contributed by atoms with Crippen LogP contribution in [-0.2, 0) is 22.5 Å². The minimum atomic E-state index is -0.832. The smallest absolute Gasteiger partial charge is 0.240 e. The van der Waals surface area contributed by atoms with Gasteiger partial charge in [-0.2, -0.15) is 0 Å². The molecule has 3 N–H and O–H groups in total. The summed E-state index contributed by atoms with van der Waals surface area (Å²) in [6, 6.07) is 8.60. The third kappa shape index (κ3) is 3.33. The molecule has 1 aliphatic carbocycles. The fourth-order valence-corrected chi connectivity index (χ4v) is 4.05. The highest BCUT2D eigenvalue weighted by atomic mass is 16.5. The van der Waals surface area contributed by atoms with E-state index in [0.29, 0.717) is 19.6 Å². The van der Waals surface area contributed by atoms with Crippen molar-refractivity contribution in [2.45, 2.75) is 51.8 Å². The highest BCUT2D eigenvalue weighted by Gasteiger charge is 2.62. The number of hydrogen-bond donors (Lipinski definition) is 2. The van der Waals surface area contributed by atoms with Crippen molar-refractivity contribution in [3.63, 3.8) is 0 Å². The number of nitrogens with two attached hydrogens (primary N) is 1. The molecule has 0 spiro atoms. The van der Waals surface area contributed by atoms with Crippen molar-refractivity contribution < 1.29 is 9.53 Å². The molecule has 1 saturated carbocycles. The van der Waals surface area contributed by atoms with Gasteiger partial charge in [-0.15, -0.1) is 0 Å². The summed E-state index contributed by atoms with van der Waals surface area (Å²) in [7, 11) is 0. The van der Waals surface area contributed by atoms with Crippen LogP contribution < -0.4 is 11.1 Å². The maximum absolute atomic E-state index is 12.6. The molecule has 5 nitrogen and oxygen atoms in total. The van der Waals surface area contributed by atoms with E-state index in [2.05, 4.69) is 34.5 Å². The first kappa shape index (κ1) is 18.4. The van der Waals surface area contributed by atoms with Crippen LogP contribution in [0.3, 0.4) is 0 Å². The normalized spacial score (nSPS) is 28.1. The van der Waals surface area contributed by atoms with Crippen molar-refractivity contribution in [2.75, 3.05) is 26.2 Å². The molecule has 0 radical (unpaired) electrons. The Kier molecular flexibility index (Phi) is 5.19. The Morgan fingerprint density at radius 2 is 2.08 bits per heavy atom. The summed E-state index contributed by atoms with van der Waals surface area (Å²) in [6.45, 7) is 10.2. The molecule has 0 aromatic heterocycles. The van der Waals surface area contributed by atoms with Crippen LogP contribution >= 0.6 is 0 Å². The molecule has 1 heterocycles. The van der Waals surface area contributed by atoms with Crippen LogP contribution in [-0.4, -0.2) is 48.7 Å². The molecule has 2 atom stereocenters. The van der Waals surface area contributed by atoms with E-state index in [1.54, 1.807) is 0 Å². The van der Waals surface area contributed by atoms with Gasteiger partial charge in [0.15, 0.2) is 0 Å². The van der Waals surface area contributed by atoms with Crippen molar-refractivity contribution in [3.8, 4) is 0 Å². The molecule has 1 aromatic rings. The molecule has 3 rings (SSSR count). The van der Waals surface area contributed by atoms with Crippen molar-refractivity contribution >= 4 is 5.91 Å². The van der Waals surface area contributed by atoms with Crippen LogP contribution in [0.15, 0.2) is 24.3 Å². The second kappa shape index (κ2) is 7.06. The summed E-state index contributed by atoms with van der Waals surface area (Å²) in [5, 5.41) is 3.05. The zero-order valence-corrected chi connectivity index (χ0v) is 15.7. The zero-order chi connectivity index (χ0) is 18.1. The Morgan fingerprint density at radius 3 is 2.76 bits per heavy atom. The molecular formula is C20H31N3O2. The minimum absolute atomic E-state index is 0.0501. The lowest BCUT2D eigenvalue weighted by atomic mass is 9.54. The van der Waals surface area contributed by atoms with E-state index in [1.807, 2.05) is 20.8 Å². The monoisotopic (exact) mass is 345 g/mol. The van der Waals surface area contributed by atoms with Crippen molar-refractivity contribution in [2.24, 2.45) is 11.1 Å². The summed E-state index contributed by atoms with van der Waals surface area (Å²) in [4.78, 5) is 15.0. The fraction of sp³-hybridized carbons (Fsp3) is 0.650. The van der Waals surface area contributed by atoms with E-state index in [4.69, 9.17) is 10.5 Å². The Labute approximate surface area is 150 Å². The number of nitrogens with zero attached hydrogens (tertiary/aromatic N) is 1. The van der Waals surface area contributed by atoms with Gasteiger partial charge in [0, 0.05) is 44.6 Å². The number of rotatable bonds is 6. The summed E-state index contributed by atoms with van der Waals surface area (Å²) in [5.74, 6) is -0.0501. The predicted molar refractivity (Wildman–Crippen MR) is 99.2 cm³/mol. The van der Waals surface area contributed by atoms with Crippen LogP contribution in [0, 0.1) is 5.41 Å². The average molecular weight is 345 g/mol.